The predicted molar refractivity (Wildman–Crippen MR) is 85.6 cm³/mol. The van der Waals surface area contributed by atoms with Crippen LogP contribution in [0.5, 0.6) is 0 Å². The van der Waals surface area contributed by atoms with Crippen molar-refractivity contribution in [3.63, 3.8) is 0 Å². The number of piperidine rings is 1. The van der Waals surface area contributed by atoms with Gasteiger partial charge in [0.25, 0.3) is 5.91 Å². The van der Waals surface area contributed by atoms with Gasteiger partial charge in [-0.1, -0.05) is 31.2 Å². The van der Waals surface area contributed by atoms with Crippen molar-refractivity contribution in [3.8, 4) is 0 Å². The maximum atomic E-state index is 12.7. The molecule has 1 saturated heterocycles. The van der Waals surface area contributed by atoms with Gasteiger partial charge in [0.2, 0.25) is 0 Å². The Labute approximate surface area is 125 Å². The molecule has 2 aromatic rings. The van der Waals surface area contributed by atoms with E-state index in [0.29, 0.717) is 11.6 Å². The number of likely N-dealkylation sites (tertiary alicyclic amines) is 1. The summed E-state index contributed by atoms with van der Waals surface area (Å²) in [5, 5.41) is 5.19. The number of nitrogens with one attached hydrogen (secondary N) is 1. The molecule has 4 nitrogen and oxygen atoms in total. The molecule has 1 aliphatic heterocycles. The van der Waals surface area contributed by atoms with Crippen LogP contribution >= 0.6 is 0 Å². The maximum Gasteiger partial charge on any atom is 0.272 e. The molecule has 4 heteroatoms. The maximum absolute atomic E-state index is 12.7. The molecule has 2 heterocycles. The normalized spacial score (nSPS) is 16.2. The van der Waals surface area contributed by atoms with Gasteiger partial charge in [0.05, 0.1) is 0 Å². The molecular formula is C17H21N3O. The highest BCUT2D eigenvalue weighted by atomic mass is 16.2. The van der Waals surface area contributed by atoms with Crippen molar-refractivity contribution in [2.24, 2.45) is 5.92 Å². The largest absolute Gasteiger partial charge is 0.373 e. The molecule has 0 saturated carbocycles. The van der Waals surface area contributed by atoms with Crippen LogP contribution in [0.1, 0.15) is 30.3 Å². The van der Waals surface area contributed by atoms with E-state index >= 15 is 0 Å². The molecule has 0 bridgehead atoms. The molecule has 0 unspecified atom stereocenters. The monoisotopic (exact) mass is 283 g/mol. The lowest BCUT2D eigenvalue weighted by Crippen LogP contribution is -2.38. The summed E-state index contributed by atoms with van der Waals surface area (Å²) in [7, 11) is 1.84. The van der Waals surface area contributed by atoms with Crippen molar-refractivity contribution < 1.29 is 4.79 Å². The lowest BCUT2D eigenvalue weighted by Gasteiger charge is -2.30. The minimum absolute atomic E-state index is 0.0455. The smallest absolute Gasteiger partial charge is 0.272 e. The number of rotatable bonds is 2. The van der Waals surface area contributed by atoms with E-state index in [2.05, 4.69) is 17.2 Å². The highest BCUT2D eigenvalue weighted by Gasteiger charge is 2.23. The Balaban J connectivity index is 1.94. The standard InChI is InChI=1S/C17H21N3O/c1-12-7-9-20(10-8-12)17(21)15-11-13-5-3-4-6-14(13)16(18-2)19-15/h3-6,11-12H,7-10H2,1-2H3,(H,18,19). The molecule has 0 spiro atoms. The summed E-state index contributed by atoms with van der Waals surface area (Å²) in [4.78, 5) is 19.1. The van der Waals surface area contributed by atoms with Crippen LogP contribution in [0.4, 0.5) is 5.82 Å². The number of pyridine rings is 1. The highest BCUT2D eigenvalue weighted by molar-refractivity contribution is 6.00. The first-order valence-corrected chi connectivity index (χ1v) is 7.56. The minimum Gasteiger partial charge on any atom is -0.373 e. The SMILES string of the molecule is CNc1nc(C(=O)N2CCC(C)CC2)cc2ccccc12. The summed E-state index contributed by atoms with van der Waals surface area (Å²) in [5.74, 6) is 1.53. The molecule has 21 heavy (non-hydrogen) atoms. The van der Waals surface area contributed by atoms with Crippen LogP contribution < -0.4 is 5.32 Å². The molecule has 1 fully saturated rings. The van der Waals surface area contributed by atoms with E-state index in [4.69, 9.17) is 0 Å². The molecule has 1 aromatic carbocycles. The van der Waals surface area contributed by atoms with Gasteiger partial charge in [0.15, 0.2) is 0 Å². The van der Waals surface area contributed by atoms with Crippen molar-refractivity contribution in [1.82, 2.24) is 9.88 Å². The van der Waals surface area contributed by atoms with E-state index in [-0.39, 0.29) is 5.91 Å². The second kappa shape index (κ2) is 5.72. The molecule has 1 N–H and O–H groups in total. The minimum atomic E-state index is 0.0455. The first-order chi connectivity index (χ1) is 10.2. The van der Waals surface area contributed by atoms with Crippen LogP contribution in [0.2, 0.25) is 0 Å². The fraction of sp³-hybridized carbons (Fsp3) is 0.412. The Morgan fingerprint density at radius 1 is 1.29 bits per heavy atom. The molecule has 110 valence electrons. The molecule has 0 radical (unpaired) electrons. The van der Waals surface area contributed by atoms with E-state index in [0.717, 1.165) is 42.5 Å². The van der Waals surface area contributed by atoms with E-state index in [1.54, 1.807) is 0 Å². The second-order valence-electron chi connectivity index (χ2n) is 5.80. The molecule has 1 aromatic heterocycles. The van der Waals surface area contributed by atoms with Crippen LogP contribution in [-0.2, 0) is 0 Å². The van der Waals surface area contributed by atoms with E-state index in [9.17, 15) is 4.79 Å². The van der Waals surface area contributed by atoms with Crippen molar-refractivity contribution in [1.29, 1.82) is 0 Å². The van der Waals surface area contributed by atoms with Gasteiger partial charge in [-0.25, -0.2) is 4.98 Å². The third kappa shape index (κ3) is 2.71. The fourth-order valence-electron chi connectivity index (χ4n) is 2.87. The number of nitrogens with zero attached hydrogens (tertiary/aromatic N) is 2. The highest BCUT2D eigenvalue weighted by Crippen LogP contribution is 2.24. The average Bonchev–Trinajstić information content (AvgIpc) is 2.53. The first kappa shape index (κ1) is 13.9. The van der Waals surface area contributed by atoms with E-state index < -0.39 is 0 Å². The Bertz CT molecular complexity index is 660. The third-order valence-corrected chi connectivity index (χ3v) is 4.27. The summed E-state index contributed by atoms with van der Waals surface area (Å²) in [6, 6.07) is 9.91. The molecule has 0 atom stereocenters. The van der Waals surface area contributed by atoms with Crippen LogP contribution in [-0.4, -0.2) is 35.9 Å². The van der Waals surface area contributed by atoms with Gasteiger partial charge >= 0.3 is 0 Å². The number of anilines is 1. The van der Waals surface area contributed by atoms with Gasteiger partial charge in [0, 0.05) is 25.5 Å². The Morgan fingerprint density at radius 2 is 2.00 bits per heavy atom. The quantitative estimate of drug-likeness (QED) is 0.921. The van der Waals surface area contributed by atoms with Gasteiger partial charge in [-0.2, -0.15) is 0 Å². The average molecular weight is 283 g/mol. The Hall–Kier alpha value is -2.10. The van der Waals surface area contributed by atoms with Crippen LogP contribution in [0, 0.1) is 5.92 Å². The van der Waals surface area contributed by atoms with Crippen LogP contribution in [0.3, 0.4) is 0 Å². The number of hydrogen-bond acceptors (Lipinski definition) is 3. The van der Waals surface area contributed by atoms with Crippen molar-refractivity contribution in [2.45, 2.75) is 19.8 Å². The van der Waals surface area contributed by atoms with Gasteiger partial charge in [-0.05, 0) is 30.2 Å². The zero-order chi connectivity index (χ0) is 14.8. The summed E-state index contributed by atoms with van der Waals surface area (Å²) >= 11 is 0. The molecular weight excluding hydrogens is 262 g/mol. The fourth-order valence-corrected chi connectivity index (χ4v) is 2.87. The zero-order valence-corrected chi connectivity index (χ0v) is 12.6. The number of carbonyl (C=O) groups is 1. The third-order valence-electron chi connectivity index (χ3n) is 4.27. The summed E-state index contributed by atoms with van der Waals surface area (Å²) in [5.41, 5.74) is 0.535. The predicted octanol–water partition coefficient (Wildman–Crippen LogP) is 3.15. The number of amides is 1. The Morgan fingerprint density at radius 3 is 2.71 bits per heavy atom. The van der Waals surface area contributed by atoms with Gasteiger partial charge < -0.3 is 10.2 Å². The molecule has 3 rings (SSSR count). The molecule has 0 aliphatic carbocycles. The number of benzene rings is 1. The van der Waals surface area contributed by atoms with Gasteiger partial charge in [0.1, 0.15) is 11.5 Å². The summed E-state index contributed by atoms with van der Waals surface area (Å²) in [6.45, 7) is 3.92. The van der Waals surface area contributed by atoms with E-state index in [1.165, 1.54) is 0 Å². The van der Waals surface area contributed by atoms with Crippen LogP contribution in [0.15, 0.2) is 30.3 Å². The van der Waals surface area contributed by atoms with Crippen molar-refractivity contribution in [2.75, 3.05) is 25.5 Å². The zero-order valence-electron chi connectivity index (χ0n) is 12.6. The van der Waals surface area contributed by atoms with E-state index in [1.807, 2.05) is 42.3 Å². The number of hydrogen-bond donors (Lipinski definition) is 1. The van der Waals surface area contributed by atoms with Crippen molar-refractivity contribution >= 4 is 22.5 Å². The summed E-state index contributed by atoms with van der Waals surface area (Å²) in [6.07, 6.45) is 2.16. The van der Waals surface area contributed by atoms with Crippen molar-refractivity contribution in [3.05, 3.63) is 36.0 Å². The van der Waals surface area contributed by atoms with Crippen LogP contribution in [0.25, 0.3) is 10.8 Å². The molecule has 1 amide bonds. The first-order valence-electron chi connectivity index (χ1n) is 7.56. The summed E-state index contributed by atoms with van der Waals surface area (Å²) < 4.78 is 0. The van der Waals surface area contributed by atoms with Gasteiger partial charge in [-0.3, -0.25) is 4.79 Å². The number of aromatic nitrogens is 1. The Kier molecular flexibility index (Phi) is 3.78. The molecule has 1 aliphatic rings. The number of fused-ring (bicyclic) bond motifs is 1. The topological polar surface area (TPSA) is 45.2 Å². The lowest BCUT2D eigenvalue weighted by atomic mass is 9.99. The lowest BCUT2D eigenvalue weighted by molar-refractivity contribution is 0.0691. The number of carbonyl (C=O) groups excluding carboxylic acids is 1. The second-order valence-corrected chi connectivity index (χ2v) is 5.80. The van der Waals surface area contributed by atoms with Gasteiger partial charge in [-0.15, -0.1) is 0 Å².